The number of aryl methyl sites for hydroxylation is 2. The molecule has 0 radical (unpaired) electrons. The van der Waals surface area contributed by atoms with Gasteiger partial charge in [-0.15, -0.1) is 0 Å². The molecule has 0 spiro atoms. The minimum absolute atomic E-state index is 0.0789. The number of rotatable bonds is 5. The molecule has 29 heavy (non-hydrogen) atoms. The second-order valence-electron chi connectivity index (χ2n) is 7.17. The lowest BCUT2D eigenvalue weighted by Crippen LogP contribution is -2.24. The molecule has 0 atom stereocenters. The summed E-state index contributed by atoms with van der Waals surface area (Å²) in [4.78, 5) is 14.2. The average Bonchev–Trinajstić information content (AvgIpc) is 3.39. The van der Waals surface area contributed by atoms with Crippen LogP contribution in [0, 0.1) is 20.8 Å². The normalized spacial score (nSPS) is 12.7. The van der Waals surface area contributed by atoms with Crippen LogP contribution in [0.5, 0.6) is 11.5 Å². The molecule has 0 fully saturated rings. The molecule has 1 aliphatic rings. The van der Waals surface area contributed by atoms with Crippen LogP contribution in [0.3, 0.4) is 0 Å². The Morgan fingerprint density at radius 1 is 1.17 bits per heavy atom. The predicted molar refractivity (Wildman–Crippen MR) is 108 cm³/mol. The number of hydrogen-bond donors (Lipinski definition) is 0. The number of benzene rings is 1. The molecule has 4 rings (SSSR count). The standard InChI is InChI=1S/C22H23N3O4/c1-14-9-18(16(3)25(14)21-10-15(2)29-23-21)6-8-22(26)24(4)12-17-5-7-19-20(11-17)28-13-27-19/h5-11H,12-13H2,1-4H3. The number of carbonyl (C=O) groups excluding carboxylic acids is 1. The zero-order valence-corrected chi connectivity index (χ0v) is 16.9. The van der Waals surface area contributed by atoms with Crippen molar-refractivity contribution in [2.24, 2.45) is 0 Å². The summed E-state index contributed by atoms with van der Waals surface area (Å²) < 4.78 is 17.9. The van der Waals surface area contributed by atoms with E-state index in [0.29, 0.717) is 6.54 Å². The van der Waals surface area contributed by atoms with E-state index < -0.39 is 0 Å². The smallest absolute Gasteiger partial charge is 0.246 e. The first-order valence-corrected chi connectivity index (χ1v) is 9.36. The molecule has 3 heterocycles. The van der Waals surface area contributed by atoms with Crippen molar-refractivity contribution in [3.05, 3.63) is 64.7 Å². The van der Waals surface area contributed by atoms with E-state index in [4.69, 9.17) is 14.0 Å². The molecule has 1 amide bonds. The Bertz CT molecular complexity index is 1090. The number of fused-ring (bicyclic) bond motifs is 1. The van der Waals surface area contributed by atoms with Gasteiger partial charge in [0.05, 0.1) is 0 Å². The van der Waals surface area contributed by atoms with Crippen LogP contribution in [0.15, 0.2) is 40.9 Å². The summed E-state index contributed by atoms with van der Waals surface area (Å²) in [5.74, 6) is 2.87. The number of amides is 1. The van der Waals surface area contributed by atoms with E-state index in [1.807, 2.05) is 61.7 Å². The van der Waals surface area contributed by atoms with Crippen LogP contribution >= 0.6 is 0 Å². The molecule has 0 unspecified atom stereocenters. The van der Waals surface area contributed by atoms with Crippen molar-refractivity contribution >= 4 is 12.0 Å². The third-order valence-corrected chi connectivity index (χ3v) is 4.95. The van der Waals surface area contributed by atoms with Crippen LogP contribution in [-0.4, -0.2) is 34.4 Å². The topological polar surface area (TPSA) is 69.7 Å². The summed E-state index contributed by atoms with van der Waals surface area (Å²) in [5, 5.41) is 4.09. The Labute approximate surface area is 169 Å². The Morgan fingerprint density at radius 2 is 1.97 bits per heavy atom. The minimum atomic E-state index is -0.0789. The van der Waals surface area contributed by atoms with E-state index >= 15 is 0 Å². The van der Waals surface area contributed by atoms with Crippen molar-refractivity contribution < 1.29 is 18.8 Å². The van der Waals surface area contributed by atoms with Crippen molar-refractivity contribution in [3.8, 4) is 17.3 Å². The average molecular weight is 393 g/mol. The first kappa shape index (κ1) is 18.9. The van der Waals surface area contributed by atoms with E-state index in [2.05, 4.69) is 5.16 Å². The molecular formula is C22H23N3O4. The molecule has 1 aliphatic heterocycles. The highest BCUT2D eigenvalue weighted by atomic mass is 16.7. The Hall–Kier alpha value is -3.48. The fourth-order valence-corrected chi connectivity index (χ4v) is 3.45. The summed E-state index contributed by atoms with van der Waals surface area (Å²) in [7, 11) is 1.78. The summed E-state index contributed by atoms with van der Waals surface area (Å²) in [6.45, 7) is 6.58. The largest absolute Gasteiger partial charge is 0.454 e. The number of nitrogens with zero attached hydrogens (tertiary/aromatic N) is 3. The number of aromatic nitrogens is 2. The third-order valence-electron chi connectivity index (χ3n) is 4.95. The quantitative estimate of drug-likeness (QED) is 0.617. The Kier molecular flexibility index (Phi) is 4.88. The first-order chi connectivity index (χ1) is 13.9. The van der Waals surface area contributed by atoms with Crippen LogP contribution in [-0.2, 0) is 11.3 Å². The van der Waals surface area contributed by atoms with Gasteiger partial charge >= 0.3 is 0 Å². The van der Waals surface area contributed by atoms with Crippen LogP contribution in [0.4, 0.5) is 0 Å². The molecule has 2 aromatic heterocycles. The van der Waals surface area contributed by atoms with Gasteiger partial charge < -0.3 is 18.9 Å². The van der Waals surface area contributed by atoms with E-state index in [0.717, 1.165) is 45.6 Å². The number of carbonyl (C=O) groups is 1. The lowest BCUT2D eigenvalue weighted by atomic mass is 10.2. The summed E-state index contributed by atoms with van der Waals surface area (Å²) in [6, 6.07) is 9.63. The van der Waals surface area contributed by atoms with Gasteiger partial charge in [0.1, 0.15) is 5.76 Å². The van der Waals surface area contributed by atoms with Gasteiger partial charge in [-0.3, -0.25) is 9.36 Å². The molecule has 7 nitrogen and oxygen atoms in total. The van der Waals surface area contributed by atoms with Crippen molar-refractivity contribution in [1.82, 2.24) is 14.6 Å². The molecule has 0 saturated heterocycles. The van der Waals surface area contributed by atoms with Crippen molar-refractivity contribution in [2.45, 2.75) is 27.3 Å². The molecule has 0 bridgehead atoms. The molecule has 0 saturated carbocycles. The molecule has 3 aromatic rings. The summed E-state index contributed by atoms with van der Waals surface area (Å²) in [6.07, 6.45) is 3.43. The molecule has 0 aliphatic carbocycles. The molecule has 7 heteroatoms. The van der Waals surface area contributed by atoms with Crippen LogP contribution in [0.2, 0.25) is 0 Å². The maximum atomic E-state index is 12.6. The summed E-state index contributed by atoms with van der Waals surface area (Å²) in [5.41, 5.74) is 3.97. The molecule has 1 aromatic carbocycles. The fourth-order valence-electron chi connectivity index (χ4n) is 3.45. The predicted octanol–water partition coefficient (Wildman–Crippen LogP) is 3.79. The van der Waals surface area contributed by atoms with Gasteiger partial charge in [-0.05, 0) is 56.2 Å². The van der Waals surface area contributed by atoms with E-state index in [-0.39, 0.29) is 12.7 Å². The van der Waals surface area contributed by atoms with Gasteiger partial charge in [0.25, 0.3) is 0 Å². The first-order valence-electron chi connectivity index (χ1n) is 9.36. The molecular weight excluding hydrogens is 370 g/mol. The van der Waals surface area contributed by atoms with Crippen LogP contribution in [0.1, 0.15) is 28.3 Å². The van der Waals surface area contributed by atoms with Gasteiger partial charge in [0, 0.05) is 37.1 Å². The maximum absolute atomic E-state index is 12.6. The van der Waals surface area contributed by atoms with Crippen molar-refractivity contribution in [2.75, 3.05) is 13.8 Å². The second-order valence-corrected chi connectivity index (χ2v) is 7.17. The zero-order valence-electron chi connectivity index (χ0n) is 16.9. The zero-order chi connectivity index (χ0) is 20.5. The fraction of sp³-hybridized carbons (Fsp3) is 0.273. The maximum Gasteiger partial charge on any atom is 0.246 e. The van der Waals surface area contributed by atoms with Gasteiger partial charge in [-0.2, -0.15) is 0 Å². The third kappa shape index (κ3) is 3.76. The SMILES string of the molecule is Cc1cc(-n2c(C)cc(C=CC(=O)N(C)Cc3ccc4c(c3)OCO4)c2C)no1. The van der Waals surface area contributed by atoms with Crippen LogP contribution < -0.4 is 9.47 Å². The lowest BCUT2D eigenvalue weighted by molar-refractivity contribution is -0.125. The molecule has 150 valence electrons. The number of hydrogen-bond acceptors (Lipinski definition) is 5. The monoisotopic (exact) mass is 393 g/mol. The van der Waals surface area contributed by atoms with Gasteiger partial charge in [0.2, 0.25) is 12.7 Å². The van der Waals surface area contributed by atoms with E-state index in [1.165, 1.54) is 0 Å². The molecule has 0 N–H and O–H groups in total. The van der Waals surface area contributed by atoms with Crippen LogP contribution in [0.25, 0.3) is 11.9 Å². The van der Waals surface area contributed by atoms with Gasteiger partial charge in [-0.1, -0.05) is 11.2 Å². The van der Waals surface area contributed by atoms with Crippen molar-refractivity contribution in [1.29, 1.82) is 0 Å². The second kappa shape index (κ2) is 7.50. The Balaban J connectivity index is 1.46. The highest BCUT2D eigenvalue weighted by molar-refractivity contribution is 5.91. The number of likely N-dealkylation sites (N-methyl/N-ethyl adjacent to an activating group) is 1. The Morgan fingerprint density at radius 3 is 2.72 bits per heavy atom. The highest BCUT2D eigenvalue weighted by Crippen LogP contribution is 2.32. The lowest BCUT2D eigenvalue weighted by Gasteiger charge is -2.15. The van der Waals surface area contributed by atoms with E-state index in [1.54, 1.807) is 18.0 Å². The van der Waals surface area contributed by atoms with Crippen molar-refractivity contribution in [3.63, 3.8) is 0 Å². The number of ether oxygens (including phenoxy) is 2. The minimum Gasteiger partial charge on any atom is -0.454 e. The van der Waals surface area contributed by atoms with Gasteiger partial charge in [0.15, 0.2) is 17.3 Å². The van der Waals surface area contributed by atoms with Gasteiger partial charge in [-0.25, -0.2) is 0 Å². The summed E-state index contributed by atoms with van der Waals surface area (Å²) >= 11 is 0. The van der Waals surface area contributed by atoms with E-state index in [9.17, 15) is 4.79 Å². The highest BCUT2D eigenvalue weighted by Gasteiger charge is 2.15.